The molecule has 0 spiro atoms. The summed E-state index contributed by atoms with van der Waals surface area (Å²) in [6.07, 6.45) is 8.13. The first-order valence-electron chi connectivity index (χ1n) is 10.3. The number of nitrogens with zero attached hydrogens (tertiary/aromatic N) is 1. The van der Waals surface area contributed by atoms with Crippen LogP contribution in [0.2, 0.25) is 0 Å². The molecule has 2 aliphatic carbocycles. The zero-order valence-electron chi connectivity index (χ0n) is 16.7. The molecule has 0 aliphatic heterocycles. The summed E-state index contributed by atoms with van der Waals surface area (Å²) in [6, 6.07) is 8.45. The summed E-state index contributed by atoms with van der Waals surface area (Å²) in [5.41, 5.74) is 3.22. The van der Waals surface area contributed by atoms with Crippen LogP contribution in [-0.4, -0.2) is 22.0 Å². The molecule has 2 aromatic rings. The van der Waals surface area contributed by atoms with E-state index in [0.29, 0.717) is 5.13 Å². The van der Waals surface area contributed by atoms with Gasteiger partial charge in [-0.2, -0.15) is 0 Å². The number of aromatic nitrogens is 1. The summed E-state index contributed by atoms with van der Waals surface area (Å²) < 4.78 is 0. The van der Waals surface area contributed by atoms with Gasteiger partial charge < -0.3 is 10.4 Å². The summed E-state index contributed by atoms with van der Waals surface area (Å²) in [5, 5.41) is 13.0. The topological polar surface area (TPSA) is 79.3 Å². The van der Waals surface area contributed by atoms with E-state index < -0.39 is 17.8 Å². The molecule has 1 aromatic carbocycles. The van der Waals surface area contributed by atoms with Gasteiger partial charge in [-0.3, -0.25) is 9.59 Å². The number of aryl methyl sites for hydroxylation is 2. The molecule has 1 amide bonds. The minimum Gasteiger partial charge on any atom is -0.481 e. The zero-order valence-corrected chi connectivity index (χ0v) is 17.5. The van der Waals surface area contributed by atoms with Crippen molar-refractivity contribution in [1.82, 2.24) is 4.98 Å². The molecule has 1 fully saturated rings. The van der Waals surface area contributed by atoms with Gasteiger partial charge in [0, 0.05) is 10.4 Å². The number of thiazole rings is 1. The number of aliphatic carboxylic acids is 1. The first-order chi connectivity index (χ1) is 14.0. The van der Waals surface area contributed by atoms with Crippen molar-refractivity contribution in [3.05, 3.63) is 46.9 Å². The molecule has 152 valence electrons. The SMILES string of the molecule is CCCCc1ccc(-c2nc(NC(=O)[C@H]3[C@@H](C(=O)O)[C@H]4C=C[C@H]3C4)sc2C)cc1. The van der Waals surface area contributed by atoms with Gasteiger partial charge >= 0.3 is 5.97 Å². The van der Waals surface area contributed by atoms with Gasteiger partial charge in [-0.05, 0) is 43.6 Å². The fraction of sp³-hybridized carbons (Fsp3) is 0.435. The van der Waals surface area contributed by atoms with Crippen LogP contribution in [0, 0.1) is 30.6 Å². The maximum absolute atomic E-state index is 12.9. The first kappa shape index (κ1) is 19.8. The van der Waals surface area contributed by atoms with Crippen LogP contribution in [0.15, 0.2) is 36.4 Å². The fourth-order valence-corrected chi connectivity index (χ4v) is 5.47. The number of carbonyl (C=O) groups is 2. The highest BCUT2D eigenvalue weighted by Crippen LogP contribution is 2.48. The molecule has 4 rings (SSSR count). The third kappa shape index (κ3) is 3.86. The number of unbranched alkanes of at least 4 members (excludes halogenated alkanes) is 1. The lowest BCUT2D eigenvalue weighted by molar-refractivity contribution is -0.146. The summed E-state index contributed by atoms with van der Waals surface area (Å²) in [4.78, 5) is 30.2. The summed E-state index contributed by atoms with van der Waals surface area (Å²) >= 11 is 1.44. The Morgan fingerprint density at radius 2 is 1.86 bits per heavy atom. The number of carboxylic acid groups (broad SMARTS) is 1. The second-order valence-electron chi connectivity index (χ2n) is 8.05. The lowest BCUT2D eigenvalue weighted by Gasteiger charge is -2.23. The Morgan fingerprint density at radius 1 is 1.17 bits per heavy atom. The van der Waals surface area contributed by atoms with E-state index in [9.17, 15) is 14.7 Å². The number of carbonyl (C=O) groups excluding carboxylic acids is 1. The van der Waals surface area contributed by atoms with Gasteiger partial charge in [-0.25, -0.2) is 4.98 Å². The Bertz CT molecular complexity index is 948. The number of hydrogen-bond donors (Lipinski definition) is 2. The number of allylic oxidation sites excluding steroid dienone is 2. The minimum atomic E-state index is -0.888. The van der Waals surface area contributed by atoms with Crippen LogP contribution in [-0.2, 0) is 16.0 Å². The Morgan fingerprint density at radius 3 is 2.52 bits per heavy atom. The van der Waals surface area contributed by atoms with E-state index in [0.717, 1.165) is 29.0 Å². The molecule has 5 nitrogen and oxygen atoms in total. The molecule has 2 bridgehead atoms. The van der Waals surface area contributed by atoms with Gasteiger partial charge in [0.2, 0.25) is 5.91 Å². The van der Waals surface area contributed by atoms with Crippen molar-refractivity contribution in [2.75, 3.05) is 5.32 Å². The molecule has 2 N–H and O–H groups in total. The van der Waals surface area contributed by atoms with Crippen molar-refractivity contribution in [2.24, 2.45) is 23.7 Å². The molecule has 0 unspecified atom stereocenters. The first-order valence-corrected chi connectivity index (χ1v) is 11.1. The third-order valence-corrected chi connectivity index (χ3v) is 7.01. The van der Waals surface area contributed by atoms with Crippen molar-refractivity contribution in [3.63, 3.8) is 0 Å². The largest absolute Gasteiger partial charge is 0.481 e. The van der Waals surface area contributed by atoms with Crippen LogP contribution < -0.4 is 5.32 Å². The van der Waals surface area contributed by atoms with Crippen LogP contribution in [0.25, 0.3) is 11.3 Å². The zero-order chi connectivity index (χ0) is 20.5. The smallest absolute Gasteiger partial charge is 0.307 e. The molecular weight excluding hydrogens is 384 g/mol. The monoisotopic (exact) mass is 410 g/mol. The van der Waals surface area contributed by atoms with Crippen LogP contribution in [0.5, 0.6) is 0 Å². The normalized spacial score (nSPS) is 24.8. The fourth-order valence-electron chi connectivity index (χ4n) is 4.63. The van der Waals surface area contributed by atoms with Crippen LogP contribution in [0.3, 0.4) is 0 Å². The van der Waals surface area contributed by atoms with Crippen LogP contribution >= 0.6 is 11.3 Å². The number of carboxylic acids is 1. The van der Waals surface area contributed by atoms with Gasteiger partial charge in [0.05, 0.1) is 17.5 Å². The van der Waals surface area contributed by atoms with E-state index >= 15 is 0 Å². The highest BCUT2D eigenvalue weighted by Gasteiger charge is 2.51. The highest BCUT2D eigenvalue weighted by molar-refractivity contribution is 7.16. The van der Waals surface area contributed by atoms with Crippen molar-refractivity contribution in [1.29, 1.82) is 0 Å². The summed E-state index contributed by atoms with van der Waals surface area (Å²) in [7, 11) is 0. The van der Waals surface area contributed by atoms with Gasteiger partial charge in [0.15, 0.2) is 5.13 Å². The standard InChI is InChI=1S/C23H26N2O3S/c1-3-4-5-14-6-8-15(9-7-14)20-13(2)29-23(24-20)25-21(26)18-16-10-11-17(12-16)19(18)22(27)28/h6-11,16-19H,3-5,12H2,1-2H3,(H,27,28)(H,24,25,26)/t16-,17-,18+,19-/m0/s1. The number of nitrogens with one attached hydrogen (secondary N) is 1. The number of hydrogen-bond acceptors (Lipinski definition) is 4. The molecule has 4 atom stereocenters. The maximum atomic E-state index is 12.9. The number of amides is 1. The van der Waals surface area contributed by atoms with Gasteiger partial charge in [-0.1, -0.05) is 49.8 Å². The molecule has 1 heterocycles. The lowest BCUT2D eigenvalue weighted by atomic mass is 9.82. The predicted molar refractivity (Wildman–Crippen MR) is 115 cm³/mol. The van der Waals surface area contributed by atoms with Crippen molar-refractivity contribution < 1.29 is 14.7 Å². The Balaban J connectivity index is 1.49. The molecule has 2 aliphatic rings. The number of benzene rings is 1. The Kier molecular flexibility index (Phi) is 5.54. The van der Waals surface area contributed by atoms with Gasteiger partial charge in [-0.15, -0.1) is 11.3 Å². The van der Waals surface area contributed by atoms with E-state index in [2.05, 4.69) is 41.5 Å². The Labute approximate surface area is 174 Å². The average molecular weight is 411 g/mol. The van der Waals surface area contributed by atoms with Crippen molar-refractivity contribution >= 4 is 28.3 Å². The molecule has 1 saturated carbocycles. The van der Waals surface area contributed by atoms with E-state index in [1.807, 2.05) is 19.1 Å². The summed E-state index contributed by atoms with van der Waals surface area (Å²) in [6.45, 7) is 4.18. The van der Waals surface area contributed by atoms with E-state index in [4.69, 9.17) is 0 Å². The average Bonchev–Trinajstić information content (AvgIpc) is 3.41. The second-order valence-corrected chi connectivity index (χ2v) is 9.25. The molecule has 29 heavy (non-hydrogen) atoms. The molecule has 0 radical (unpaired) electrons. The summed E-state index contributed by atoms with van der Waals surface area (Å²) in [5.74, 6) is -2.30. The number of rotatable bonds is 7. The van der Waals surface area contributed by atoms with Gasteiger partial charge in [0.25, 0.3) is 0 Å². The minimum absolute atomic E-state index is 0.0114. The third-order valence-electron chi connectivity index (χ3n) is 6.12. The van der Waals surface area contributed by atoms with E-state index in [1.54, 1.807) is 0 Å². The Hall–Kier alpha value is -2.47. The van der Waals surface area contributed by atoms with E-state index in [1.165, 1.54) is 29.7 Å². The molecular formula is C23H26N2O3S. The highest BCUT2D eigenvalue weighted by atomic mass is 32.1. The van der Waals surface area contributed by atoms with Crippen molar-refractivity contribution in [3.8, 4) is 11.3 Å². The molecule has 0 saturated heterocycles. The number of anilines is 1. The number of fused-ring (bicyclic) bond motifs is 2. The van der Waals surface area contributed by atoms with Gasteiger partial charge in [0.1, 0.15) is 0 Å². The van der Waals surface area contributed by atoms with Crippen LogP contribution in [0.1, 0.15) is 36.6 Å². The molecule has 1 aromatic heterocycles. The van der Waals surface area contributed by atoms with Crippen LogP contribution in [0.4, 0.5) is 5.13 Å². The van der Waals surface area contributed by atoms with Crippen molar-refractivity contribution in [2.45, 2.75) is 39.5 Å². The lowest BCUT2D eigenvalue weighted by Crippen LogP contribution is -2.36. The predicted octanol–water partition coefficient (Wildman–Crippen LogP) is 4.92. The second kappa shape index (κ2) is 8.11. The maximum Gasteiger partial charge on any atom is 0.307 e. The molecule has 6 heteroatoms. The quantitative estimate of drug-likeness (QED) is 0.635. The van der Waals surface area contributed by atoms with E-state index in [-0.39, 0.29) is 17.7 Å².